The van der Waals surface area contributed by atoms with Gasteiger partial charge < -0.3 is 10.2 Å². The molecule has 3 aromatic rings. The number of thiocarbonyl (C=S) groups is 1. The number of hydrogen-bond donors (Lipinski definition) is 2. The van der Waals surface area contributed by atoms with Crippen LogP contribution in [0.4, 0.5) is 11.4 Å². The molecule has 1 aromatic heterocycles. The Bertz CT molecular complexity index is 964. The van der Waals surface area contributed by atoms with Gasteiger partial charge >= 0.3 is 0 Å². The van der Waals surface area contributed by atoms with Crippen molar-refractivity contribution in [3.05, 3.63) is 48.0 Å². The van der Waals surface area contributed by atoms with Crippen LogP contribution >= 0.6 is 23.9 Å². The van der Waals surface area contributed by atoms with Crippen LogP contribution in [0.3, 0.4) is 0 Å². The average molecular weight is 398 g/mol. The fourth-order valence-electron chi connectivity index (χ4n) is 3.17. The largest absolute Gasteiger partial charge is 0.372 e. The fourth-order valence-corrected chi connectivity index (χ4v) is 3.90. The van der Waals surface area contributed by atoms with E-state index in [0.717, 1.165) is 36.0 Å². The highest BCUT2D eigenvalue weighted by Gasteiger charge is 2.12. The molecule has 0 saturated carbocycles. The van der Waals surface area contributed by atoms with Crippen molar-refractivity contribution < 1.29 is 4.79 Å². The van der Waals surface area contributed by atoms with Gasteiger partial charge in [-0.3, -0.25) is 10.1 Å². The summed E-state index contributed by atoms with van der Waals surface area (Å²) in [6, 6.07) is 13.3. The second kappa shape index (κ2) is 7.98. The van der Waals surface area contributed by atoms with Gasteiger partial charge in [-0.1, -0.05) is 0 Å². The lowest BCUT2D eigenvalue weighted by Gasteiger charge is -2.28. The molecule has 1 aliphatic heterocycles. The third-order valence-corrected chi connectivity index (χ3v) is 5.35. The van der Waals surface area contributed by atoms with Crippen molar-refractivity contribution in [1.29, 1.82) is 0 Å². The van der Waals surface area contributed by atoms with Gasteiger partial charge in [0, 0.05) is 30.0 Å². The Morgan fingerprint density at radius 2 is 1.74 bits per heavy atom. The summed E-state index contributed by atoms with van der Waals surface area (Å²) in [6.45, 7) is 2.22. The van der Waals surface area contributed by atoms with Crippen LogP contribution in [0.25, 0.3) is 11.0 Å². The van der Waals surface area contributed by atoms with E-state index in [-0.39, 0.29) is 11.0 Å². The maximum absolute atomic E-state index is 12.4. The minimum Gasteiger partial charge on any atom is -0.372 e. The molecule has 138 valence electrons. The molecule has 2 aromatic carbocycles. The number of fused-ring (bicyclic) bond motifs is 1. The molecule has 0 bridgehead atoms. The van der Waals surface area contributed by atoms with Gasteiger partial charge in [-0.15, -0.1) is 0 Å². The lowest BCUT2D eigenvalue weighted by molar-refractivity contribution is 0.0978. The summed E-state index contributed by atoms with van der Waals surface area (Å²) < 4.78 is 8.29. The van der Waals surface area contributed by atoms with E-state index in [9.17, 15) is 4.79 Å². The van der Waals surface area contributed by atoms with Crippen molar-refractivity contribution in [2.75, 3.05) is 23.3 Å². The zero-order chi connectivity index (χ0) is 18.6. The minimum atomic E-state index is -0.271. The first-order valence-corrected chi connectivity index (χ1v) is 10.0. The van der Waals surface area contributed by atoms with Crippen LogP contribution < -0.4 is 15.5 Å². The zero-order valence-electron chi connectivity index (χ0n) is 14.6. The van der Waals surface area contributed by atoms with Crippen LogP contribution in [0.2, 0.25) is 0 Å². The van der Waals surface area contributed by atoms with Gasteiger partial charge in [-0.25, -0.2) is 0 Å². The smallest absolute Gasteiger partial charge is 0.257 e. The molecule has 4 rings (SSSR count). The summed E-state index contributed by atoms with van der Waals surface area (Å²) in [6.07, 6.45) is 3.81. The van der Waals surface area contributed by atoms with Crippen LogP contribution in [0.15, 0.2) is 42.5 Å². The first-order chi connectivity index (χ1) is 13.2. The van der Waals surface area contributed by atoms with Crippen molar-refractivity contribution in [3.8, 4) is 0 Å². The first-order valence-electron chi connectivity index (χ1n) is 8.89. The first kappa shape index (κ1) is 17.8. The molecule has 1 fully saturated rings. The Balaban J connectivity index is 1.36. The van der Waals surface area contributed by atoms with Gasteiger partial charge in [-0.2, -0.15) is 8.75 Å². The fraction of sp³-hybridized carbons (Fsp3) is 0.263. The second-order valence-electron chi connectivity index (χ2n) is 6.47. The number of nitrogens with one attached hydrogen (secondary N) is 2. The minimum absolute atomic E-state index is 0.266. The van der Waals surface area contributed by atoms with E-state index in [1.165, 1.54) is 24.9 Å². The third kappa shape index (κ3) is 4.23. The quantitative estimate of drug-likeness (QED) is 0.655. The molecule has 0 atom stereocenters. The zero-order valence-corrected chi connectivity index (χ0v) is 16.3. The van der Waals surface area contributed by atoms with Crippen LogP contribution in [0.1, 0.15) is 29.6 Å². The molecule has 0 aliphatic carbocycles. The predicted molar refractivity (Wildman–Crippen MR) is 114 cm³/mol. The number of nitrogens with zero attached hydrogens (tertiary/aromatic N) is 3. The highest BCUT2D eigenvalue weighted by Crippen LogP contribution is 2.21. The summed E-state index contributed by atoms with van der Waals surface area (Å²) in [4.78, 5) is 14.8. The van der Waals surface area contributed by atoms with Crippen LogP contribution in [-0.4, -0.2) is 32.9 Å². The molecule has 1 saturated heterocycles. The summed E-state index contributed by atoms with van der Waals surface area (Å²) in [7, 11) is 0. The van der Waals surface area contributed by atoms with E-state index >= 15 is 0 Å². The van der Waals surface area contributed by atoms with E-state index < -0.39 is 0 Å². The number of rotatable bonds is 3. The Kier molecular flexibility index (Phi) is 5.26. The van der Waals surface area contributed by atoms with Crippen LogP contribution in [-0.2, 0) is 0 Å². The Morgan fingerprint density at radius 3 is 2.52 bits per heavy atom. The summed E-state index contributed by atoms with van der Waals surface area (Å²) >= 11 is 6.40. The lowest BCUT2D eigenvalue weighted by atomic mass is 10.1. The van der Waals surface area contributed by atoms with Gasteiger partial charge in [0.1, 0.15) is 11.0 Å². The van der Waals surface area contributed by atoms with Crippen molar-refractivity contribution in [1.82, 2.24) is 14.1 Å². The lowest BCUT2D eigenvalue weighted by Crippen LogP contribution is -2.34. The number of piperidine rings is 1. The molecule has 8 heteroatoms. The molecule has 2 N–H and O–H groups in total. The maximum Gasteiger partial charge on any atom is 0.257 e. The Hall–Kier alpha value is -2.58. The maximum atomic E-state index is 12.4. The highest BCUT2D eigenvalue weighted by atomic mass is 32.1. The number of hydrogen-bond acceptors (Lipinski definition) is 6. The molecule has 0 unspecified atom stereocenters. The average Bonchev–Trinajstić information content (AvgIpc) is 3.17. The standard InChI is InChI=1S/C19H19N5OS2/c25-18(13-4-9-16-17(12-13)23-27-22-16)21-19(26)20-14-5-7-15(8-6-14)24-10-2-1-3-11-24/h4-9,12H,1-3,10-11H2,(H2,20,21,25,26). The molecular formula is C19H19N5OS2. The van der Waals surface area contributed by atoms with Crippen molar-refractivity contribution in [2.45, 2.75) is 19.3 Å². The molecule has 0 radical (unpaired) electrons. The molecular weight excluding hydrogens is 378 g/mol. The van der Waals surface area contributed by atoms with Crippen molar-refractivity contribution in [3.63, 3.8) is 0 Å². The van der Waals surface area contributed by atoms with Crippen molar-refractivity contribution >= 4 is 57.4 Å². The Labute approximate surface area is 166 Å². The molecule has 0 spiro atoms. The molecule has 2 heterocycles. The monoisotopic (exact) mass is 397 g/mol. The van der Waals surface area contributed by atoms with E-state index in [0.29, 0.717) is 11.1 Å². The highest BCUT2D eigenvalue weighted by molar-refractivity contribution is 7.80. The topological polar surface area (TPSA) is 70.2 Å². The third-order valence-electron chi connectivity index (χ3n) is 4.59. The van der Waals surface area contributed by atoms with Gasteiger partial charge in [-0.05, 0) is 73.9 Å². The van der Waals surface area contributed by atoms with Crippen molar-refractivity contribution in [2.24, 2.45) is 0 Å². The summed E-state index contributed by atoms with van der Waals surface area (Å²) in [5.74, 6) is -0.271. The number of aromatic nitrogens is 2. The molecule has 27 heavy (non-hydrogen) atoms. The number of amides is 1. The molecule has 1 amide bonds. The number of benzene rings is 2. The second-order valence-corrected chi connectivity index (χ2v) is 7.41. The predicted octanol–water partition coefficient (Wildman–Crippen LogP) is 3.81. The normalized spacial score (nSPS) is 14.1. The van der Waals surface area contributed by atoms with Crippen LogP contribution in [0, 0.1) is 0 Å². The molecule has 6 nitrogen and oxygen atoms in total. The number of carbonyl (C=O) groups is 1. The Morgan fingerprint density at radius 1 is 1.00 bits per heavy atom. The SMILES string of the molecule is O=C(NC(=S)Nc1ccc(N2CCCCC2)cc1)c1ccc2nsnc2c1. The van der Waals surface area contributed by atoms with Gasteiger partial charge in [0.05, 0.1) is 11.7 Å². The summed E-state index contributed by atoms with van der Waals surface area (Å²) in [5.41, 5.74) is 4.06. The van der Waals surface area contributed by atoms with Gasteiger partial charge in [0.25, 0.3) is 5.91 Å². The number of anilines is 2. The van der Waals surface area contributed by atoms with Crippen LogP contribution in [0.5, 0.6) is 0 Å². The van der Waals surface area contributed by atoms with Gasteiger partial charge in [0.2, 0.25) is 0 Å². The van der Waals surface area contributed by atoms with E-state index in [4.69, 9.17) is 12.2 Å². The van der Waals surface area contributed by atoms with E-state index in [1.807, 2.05) is 12.1 Å². The summed E-state index contributed by atoms with van der Waals surface area (Å²) in [5, 5.41) is 6.03. The molecule has 1 aliphatic rings. The van der Waals surface area contributed by atoms with E-state index in [1.54, 1.807) is 18.2 Å². The number of carbonyl (C=O) groups excluding carboxylic acids is 1. The van der Waals surface area contributed by atoms with Gasteiger partial charge in [0.15, 0.2) is 5.11 Å². The van der Waals surface area contributed by atoms with E-state index in [2.05, 4.69) is 36.4 Å².